The molecular formula is C39H42N6O3. The maximum Gasteiger partial charge on any atom is 0.254 e. The van der Waals surface area contributed by atoms with Gasteiger partial charge >= 0.3 is 0 Å². The molecule has 9 heteroatoms. The molecule has 3 saturated heterocycles. The lowest BCUT2D eigenvalue weighted by atomic mass is 10.0. The van der Waals surface area contributed by atoms with Crippen molar-refractivity contribution in [2.75, 3.05) is 93.2 Å². The molecular weight excluding hydrogens is 600 g/mol. The van der Waals surface area contributed by atoms with Gasteiger partial charge in [-0.2, -0.15) is 0 Å². The first-order valence-electron chi connectivity index (χ1n) is 17.0. The first-order chi connectivity index (χ1) is 23.5. The average Bonchev–Trinajstić information content (AvgIpc) is 3.18. The summed E-state index contributed by atoms with van der Waals surface area (Å²) >= 11 is 0. The van der Waals surface area contributed by atoms with Crippen molar-refractivity contribution in [2.45, 2.75) is 0 Å². The quantitative estimate of drug-likeness (QED) is 0.307. The SMILES string of the molecule is O=C(c1cc(C(=O)N2CCN(c3ccccc3)CC2)cc(C(=O)N2CCN(c3ccccc3)CC2)c1)N1CCN(c2ccccc2)CC1. The lowest BCUT2D eigenvalue weighted by Crippen LogP contribution is -2.50. The van der Waals surface area contributed by atoms with Gasteiger partial charge in [0.2, 0.25) is 0 Å². The van der Waals surface area contributed by atoms with E-state index in [4.69, 9.17) is 0 Å². The van der Waals surface area contributed by atoms with E-state index in [1.807, 2.05) is 69.3 Å². The summed E-state index contributed by atoms with van der Waals surface area (Å²) in [5.74, 6) is -0.433. The summed E-state index contributed by atoms with van der Waals surface area (Å²) in [6, 6.07) is 35.8. The minimum Gasteiger partial charge on any atom is -0.368 e. The standard InChI is InChI=1S/C39H42N6O3/c46-37(43-22-16-40(17-23-43)34-10-4-1-5-11-34)31-28-32(38(47)44-24-18-41(19-25-44)35-12-6-2-7-13-35)30-33(29-31)39(48)45-26-20-42(21-27-45)36-14-8-3-9-15-36/h1-15,28-30H,16-27H2. The van der Waals surface area contributed by atoms with Crippen LogP contribution in [0.25, 0.3) is 0 Å². The zero-order valence-corrected chi connectivity index (χ0v) is 27.3. The van der Waals surface area contributed by atoms with Gasteiger partial charge in [-0.15, -0.1) is 0 Å². The molecule has 3 aliphatic rings. The summed E-state index contributed by atoms with van der Waals surface area (Å²) in [6.07, 6.45) is 0. The topological polar surface area (TPSA) is 70.6 Å². The predicted molar refractivity (Wildman–Crippen MR) is 190 cm³/mol. The molecule has 3 fully saturated rings. The van der Waals surface area contributed by atoms with Crippen LogP contribution in [0.2, 0.25) is 0 Å². The summed E-state index contributed by atoms with van der Waals surface area (Å²) < 4.78 is 0. The molecule has 3 aliphatic heterocycles. The van der Waals surface area contributed by atoms with Gasteiger partial charge in [-0.05, 0) is 54.6 Å². The van der Waals surface area contributed by atoms with Crippen LogP contribution in [0, 0.1) is 0 Å². The molecule has 0 atom stereocenters. The molecule has 9 nitrogen and oxygen atoms in total. The van der Waals surface area contributed by atoms with Crippen LogP contribution in [0.5, 0.6) is 0 Å². The highest BCUT2D eigenvalue weighted by atomic mass is 16.2. The first-order valence-corrected chi connectivity index (χ1v) is 17.0. The lowest BCUT2D eigenvalue weighted by molar-refractivity contribution is 0.0743. The van der Waals surface area contributed by atoms with Crippen molar-refractivity contribution >= 4 is 34.8 Å². The van der Waals surface area contributed by atoms with Gasteiger partial charge in [-0.1, -0.05) is 54.6 Å². The number of hydrogen-bond acceptors (Lipinski definition) is 6. The zero-order chi connectivity index (χ0) is 32.9. The molecule has 0 bridgehead atoms. The summed E-state index contributed by atoms with van der Waals surface area (Å²) in [7, 11) is 0. The number of anilines is 3. The molecule has 7 rings (SSSR count). The van der Waals surface area contributed by atoms with E-state index >= 15 is 0 Å². The summed E-state index contributed by atoms with van der Waals surface area (Å²) in [5, 5.41) is 0. The van der Waals surface area contributed by atoms with Gasteiger partial charge < -0.3 is 29.4 Å². The second kappa shape index (κ2) is 14.2. The summed E-state index contributed by atoms with van der Waals surface area (Å²) in [5.41, 5.74) is 4.61. The third kappa shape index (κ3) is 6.86. The van der Waals surface area contributed by atoms with Crippen molar-refractivity contribution in [1.29, 1.82) is 0 Å². The highest BCUT2D eigenvalue weighted by Gasteiger charge is 2.29. The molecule has 3 amide bonds. The molecule has 0 radical (unpaired) electrons. The number of carbonyl (C=O) groups is 3. The Bertz CT molecular complexity index is 1500. The predicted octanol–water partition coefficient (Wildman–Crippen LogP) is 4.57. The van der Waals surface area contributed by atoms with E-state index in [9.17, 15) is 14.4 Å². The second-order valence-electron chi connectivity index (χ2n) is 12.6. The Kier molecular flexibility index (Phi) is 9.27. The Labute approximate surface area is 282 Å². The molecule has 0 aromatic heterocycles. The number of nitrogens with zero attached hydrogens (tertiary/aromatic N) is 6. The van der Waals surface area contributed by atoms with Crippen LogP contribution in [0.4, 0.5) is 17.1 Å². The number of rotatable bonds is 6. The Balaban J connectivity index is 1.09. The van der Waals surface area contributed by atoms with E-state index in [2.05, 4.69) is 51.1 Å². The number of hydrogen-bond donors (Lipinski definition) is 0. The molecule has 48 heavy (non-hydrogen) atoms. The highest BCUT2D eigenvalue weighted by Crippen LogP contribution is 2.23. The van der Waals surface area contributed by atoms with E-state index in [1.165, 1.54) is 0 Å². The second-order valence-corrected chi connectivity index (χ2v) is 12.6. The fourth-order valence-corrected chi connectivity index (χ4v) is 6.97. The van der Waals surface area contributed by atoms with Gasteiger partial charge in [0, 0.05) is 112 Å². The molecule has 0 saturated carbocycles. The van der Waals surface area contributed by atoms with Crippen LogP contribution < -0.4 is 14.7 Å². The number of benzene rings is 4. The van der Waals surface area contributed by atoms with Crippen LogP contribution in [0.3, 0.4) is 0 Å². The molecule has 0 N–H and O–H groups in total. The smallest absolute Gasteiger partial charge is 0.254 e. The largest absolute Gasteiger partial charge is 0.368 e. The first kappa shape index (κ1) is 31.3. The fraction of sp³-hybridized carbons (Fsp3) is 0.308. The molecule has 0 unspecified atom stereocenters. The zero-order valence-electron chi connectivity index (χ0n) is 27.3. The van der Waals surface area contributed by atoms with Gasteiger partial charge in [-0.25, -0.2) is 0 Å². The van der Waals surface area contributed by atoms with E-state index in [-0.39, 0.29) is 17.7 Å². The van der Waals surface area contributed by atoms with Gasteiger partial charge in [-0.3, -0.25) is 14.4 Å². The monoisotopic (exact) mass is 642 g/mol. The summed E-state index contributed by atoms with van der Waals surface area (Å²) in [4.78, 5) is 54.3. The molecule has 4 aromatic carbocycles. The van der Waals surface area contributed by atoms with Crippen molar-refractivity contribution in [1.82, 2.24) is 14.7 Å². The Hall–Kier alpha value is -5.31. The average molecular weight is 643 g/mol. The Morgan fingerprint density at radius 2 is 0.562 bits per heavy atom. The third-order valence-corrected chi connectivity index (χ3v) is 9.74. The molecule has 3 heterocycles. The molecule has 0 spiro atoms. The van der Waals surface area contributed by atoms with Crippen molar-refractivity contribution in [3.63, 3.8) is 0 Å². The Morgan fingerprint density at radius 1 is 0.333 bits per heavy atom. The molecule has 0 aliphatic carbocycles. The van der Waals surface area contributed by atoms with Gasteiger partial charge in [0.05, 0.1) is 0 Å². The third-order valence-electron chi connectivity index (χ3n) is 9.74. The molecule has 246 valence electrons. The lowest BCUT2D eigenvalue weighted by Gasteiger charge is -2.37. The van der Waals surface area contributed by atoms with Crippen LogP contribution in [0.15, 0.2) is 109 Å². The van der Waals surface area contributed by atoms with Gasteiger partial charge in [0.1, 0.15) is 0 Å². The van der Waals surface area contributed by atoms with Crippen LogP contribution in [-0.4, -0.2) is 111 Å². The van der Waals surface area contributed by atoms with E-state index in [1.54, 1.807) is 18.2 Å². The normalized spacial score (nSPS) is 17.0. The van der Waals surface area contributed by atoms with Crippen molar-refractivity contribution < 1.29 is 14.4 Å². The van der Waals surface area contributed by atoms with Gasteiger partial charge in [0.25, 0.3) is 17.7 Å². The summed E-state index contributed by atoms with van der Waals surface area (Å²) in [6.45, 7) is 7.72. The van der Waals surface area contributed by atoms with Crippen LogP contribution in [-0.2, 0) is 0 Å². The maximum atomic E-state index is 14.0. The van der Waals surface area contributed by atoms with E-state index in [0.717, 1.165) is 56.3 Å². The number of carbonyl (C=O) groups excluding carboxylic acids is 3. The maximum absolute atomic E-state index is 14.0. The Morgan fingerprint density at radius 3 is 0.792 bits per heavy atom. The number of amides is 3. The van der Waals surface area contributed by atoms with E-state index in [0.29, 0.717) is 56.0 Å². The van der Waals surface area contributed by atoms with Crippen LogP contribution in [0.1, 0.15) is 31.1 Å². The van der Waals surface area contributed by atoms with Crippen LogP contribution >= 0.6 is 0 Å². The van der Waals surface area contributed by atoms with Crippen molar-refractivity contribution in [3.05, 3.63) is 126 Å². The number of para-hydroxylation sites is 3. The van der Waals surface area contributed by atoms with Crippen molar-refractivity contribution in [2.24, 2.45) is 0 Å². The molecule has 4 aromatic rings. The minimum absolute atomic E-state index is 0.144. The van der Waals surface area contributed by atoms with E-state index < -0.39 is 0 Å². The van der Waals surface area contributed by atoms with Crippen molar-refractivity contribution in [3.8, 4) is 0 Å². The number of piperazine rings is 3. The van der Waals surface area contributed by atoms with Gasteiger partial charge in [0.15, 0.2) is 0 Å². The fourth-order valence-electron chi connectivity index (χ4n) is 6.97. The minimum atomic E-state index is -0.144. The highest BCUT2D eigenvalue weighted by molar-refractivity contribution is 6.04.